The summed E-state index contributed by atoms with van der Waals surface area (Å²) >= 11 is 4.97. The highest BCUT2D eigenvalue weighted by Gasteiger charge is 2.11. The van der Waals surface area contributed by atoms with Gasteiger partial charge in [0.1, 0.15) is 6.26 Å². The Kier molecular flexibility index (Phi) is 2.84. The average Bonchev–Trinajstić information content (AvgIpc) is 2.77. The first-order valence-corrected chi connectivity index (χ1v) is 5.72. The second-order valence-electron chi connectivity index (χ2n) is 2.80. The molecule has 0 aliphatic carbocycles. The molecule has 0 N–H and O–H groups in total. The van der Waals surface area contributed by atoms with Crippen molar-refractivity contribution in [1.82, 2.24) is 0 Å². The van der Waals surface area contributed by atoms with E-state index in [9.17, 15) is 4.79 Å². The monoisotopic (exact) mass is 270 g/mol. The Morgan fingerprint density at radius 1 is 1.50 bits per heavy atom. The smallest absolute Gasteiger partial charge is 0.171 e. The van der Waals surface area contributed by atoms with Crippen molar-refractivity contribution in [1.29, 1.82) is 0 Å². The third-order valence-corrected chi connectivity index (χ3v) is 3.78. The Bertz CT molecular complexity index is 431. The van der Waals surface area contributed by atoms with Crippen molar-refractivity contribution in [3.63, 3.8) is 0 Å². The summed E-state index contributed by atoms with van der Waals surface area (Å²) in [6, 6.07) is 3.63. The predicted molar refractivity (Wildman–Crippen MR) is 58.8 cm³/mol. The lowest BCUT2D eigenvalue weighted by atomic mass is 10.1. The van der Waals surface area contributed by atoms with E-state index in [2.05, 4.69) is 15.9 Å². The molecule has 2 aromatic heterocycles. The molecule has 0 saturated heterocycles. The number of hydrogen-bond acceptors (Lipinski definition) is 3. The van der Waals surface area contributed by atoms with Gasteiger partial charge in [-0.25, -0.2) is 0 Å². The van der Waals surface area contributed by atoms with Crippen molar-refractivity contribution < 1.29 is 9.21 Å². The molecule has 2 heterocycles. The summed E-state index contributed by atoms with van der Waals surface area (Å²) in [4.78, 5) is 12.7. The van der Waals surface area contributed by atoms with E-state index >= 15 is 0 Å². The van der Waals surface area contributed by atoms with Crippen molar-refractivity contribution >= 4 is 33.0 Å². The minimum atomic E-state index is 0.0851. The van der Waals surface area contributed by atoms with Crippen LogP contribution < -0.4 is 0 Å². The van der Waals surface area contributed by atoms with Crippen molar-refractivity contribution in [3.05, 3.63) is 45.0 Å². The first-order valence-electron chi connectivity index (χ1n) is 4.04. The highest BCUT2D eigenvalue weighted by Crippen LogP contribution is 2.24. The molecule has 0 unspecified atom stereocenters. The minimum absolute atomic E-state index is 0.0851. The van der Waals surface area contributed by atoms with Crippen LogP contribution >= 0.6 is 27.3 Å². The molecular formula is C10H7BrO2S. The van der Waals surface area contributed by atoms with Gasteiger partial charge in [-0.15, -0.1) is 11.3 Å². The molecular weight excluding hydrogens is 264 g/mol. The zero-order chi connectivity index (χ0) is 9.97. The van der Waals surface area contributed by atoms with Crippen LogP contribution in [0.5, 0.6) is 0 Å². The Hall–Kier alpha value is -0.870. The van der Waals surface area contributed by atoms with Crippen molar-refractivity contribution in [3.8, 4) is 0 Å². The number of halogens is 1. The highest BCUT2D eigenvalue weighted by atomic mass is 79.9. The van der Waals surface area contributed by atoms with Gasteiger partial charge in [-0.1, -0.05) is 0 Å². The highest BCUT2D eigenvalue weighted by molar-refractivity contribution is 9.10. The molecule has 2 nitrogen and oxygen atoms in total. The van der Waals surface area contributed by atoms with E-state index in [1.165, 1.54) is 12.5 Å². The van der Waals surface area contributed by atoms with Crippen LogP contribution in [-0.2, 0) is 6.42 Å². The lowest BCUT2D eigenvalue weighted by molar-refractivity contribution is 0.0993. The maximum absolute atomic E-state index is 11.7. The molecule has 0 aliphatic rings. The molecule has 14 heavy (non-hydrogen) atoms. The summed E-state index contributed by atoms with van der Waals surface area (Å²) in [5.41, 5.74) is 0.630. The zero-order valence-corrected chi connectivity index (χ0v) is 9.60. The van der Waals surface area contributed by atoms with Crippen molar-refractivity contribution in [2.75, 3.05) is 0 Å². The number of thiophene rings is 1. The third-order valence-electron chi connectivity index (χ3n) is 1.86. The Balaban J connectivity index is 2.13. The van der Waals surface area contributed by atoms with Gasteiger partial charge >= 0.3 is 0 Å². The lowest BCUT2D eigenvalue weighted by Crippen LogP contribution is -2.00. The molecule has 2 rings (SSSR count). The van der Waals surface area contributed by atoms with Crippen molar-refractivity contribution in [2.45, 2.75) is 6.42 Å². The quantitative estimate of drug-likeness (QED) is 0.799. The van der Waals surface area contributed by atoms with Gasteiger partial charge in [0.25, 0.3) is 0 Å². The van der Waals surface area contributed by atoms with E-state index in [0.29, 0.717) is 12.0 Å². The molecule has 0 atom stereocenters. The summed E-state index contributed by atoms with van der Waals surface area (Å²) in [6.45, 7) is 0. The number of rotatable bonds is 3. The second kappa shape index (κ2) is 4.11. The number of furan rings is 1. The minimum Gasteiger partial charge on any atom is -0.472 e. The maximum Gasteiger partial charge on any atom is 0.171 e. The van der Waals surface area contributed by atoms with Gasteiger partial charge in [0.05, 0.1) is 11.8 Å². The SMILES string of the molecule is O=C(Cc1sccc1Br)c1ccoc1. The van der Waals surface area contributed by atoms with Gasteiger partial charge in [-0.2, -0.15) is 0 Å². The summed E-state index contributed by atoms with van der Waals surface area (Å²) in [5, 5.41) is 1.96. The largest absolute Gasteiger partial charge is 0.472 e. The molecule has 0 amide bonds. The molecule has 0 aromatic carbocycles. The molecule has 0 radical (unpaired) electrons. The van der Waals surface area contributed by atoms with Gasteiger partial charge in [-0.05, 0) is 33.4 Å². The van der Waals surface area contributed by atoms with Crippen LogP contribution in [0.25, 0.3) is 0 Å². The number of hydrogen-bond donors (Lipinski definition) is 0. The van der Waals surface area contributed by atoms with Gasteiger partial charge in [-0.3, -0.25) is 4.79 Å². The van der Waals surface area contributed by atoms with Gasteiger partial charge < -0.3 is 4.42 Å². The van der Waals surface area contributed by atoms with Crippen LogP contribution in [0.4, 0.5) is 0 Å². The first-order chi connectivity index (χ1) is 6.77. The standard InChI is InChI=1S/C10H7BrO2S/c11-8-2-4-14-10(8)5-9(12)7-1-3-13-6-7/h1-4,6H,5H2. The van der Waals surface area contributed by atoms with E-state index < -0.39 is 0 Å². The van der Waals surface area contributed by atoms with E-state index in [0.717, 1.165) is 9.35 Å². The number of ketones is 1. The molecule has 0 spiro atoms. The molecule has 72 valence electrons. The number of carbonyl (C=O) groups is 1. The summed E-state index contributed by atoms with van der Waals surface area (Å²) < 4.78 is 5.86. The van der Waals surface area contributed by atoms with E-state index in [4.69, 9.17) is 4.42 Å². The van der Waals surface area contributed by atoms with Crippen LogP contribution in [0.2, 0.25) is 0 Å². The Labute approximate surface area is 93.7 Å². The summed E-state index contributed by atoms with van der Waals surface area (Å²) in [5.74, 6) is 0.0851. The van der Waals surface area contributed by atoms with Crippen LogP contribution in [0.1, 0.15) is 15.2 Å². The fourth-order valence-corrected chi connectivity index (χ4v) is 2.61. The van der Waals surface area contributed by atoms with Crippen LogP contribution in [0.3, 0.4) is 0 Å². The molecule has 0 bridgehead atoms. The van der Waals surface area contributed by atoms with Gasteiger partial charge in [0.2, 0.25) is 0 Å². The zero-order valence-electron chi connectivity index (χ0n) is 7.20. The fraction of sp³-hybridized carbons (Fsp3) is 0.100. The fourth-order valence-electron chi connectivity index (χ4n) is 1.12. The number of carbonyl (C=O) groups excluding carboxylic acids is 1. The van der Waals surface area contributed by atoms with Crippen molar-refractivity contribution in [2.24, 2.45) is 0 Å². The Morgan fingerprint density at radius 3 is 2.93 bits per heavy atom. The predicted octanol–water partition coefficient (Wildman–Crippen LogP) is 3.53. The molecule has 0 aliphatic heterocycles. The Morgan fingerprint density at radius 2 is 2.36 bits per heavy atom. The second-order valence-corrected chi connectivity index (χ2v) is 4.66. The van der Waals surface area contributed by atoms with Crippen LogP contribution in [0, 0.1) is 0 Å². The topological polar surface area (TPSA) is 30.2 Å². The van der Waals surface area contributed by atoms with Gasteiger partial charge in [0.15, 0.2) is 5.78 Å². The number of Topliss-reactive ketones (excluding diaryl/α,β-unsaturated/α-hetero) is 1. The molecule has 2 aromatic rings. The maximum atomic E-state index is 11.7. The van der Waals surface area contributed by atoms with E-state index in [1.807, 2.05) is 11.4 Å². The molecule has 0 saturated carbocycles. The van der Waals surface area contributed by atoms with Crippen LogP contribution in [-0.4, -0.2) is 5.78 Å². The molecule has 4 heteroatoms. The third kappa shape index (κ3) is 1.96. The van der Waals surface area contributed by atoms with E-state index in [1.54, 1.807) is 17.4 Å². The molecule has 0 fully saturated rings. The average molecular weight is 271 g/mol. The van der Waals surface area contributed by atoms with Gasteiger partial charge in [0, 0.05) is 15.8 Å². The summed E-state index contributed by atoms with van der Waals surface area (Å²) in [7, 11) is 0. The van der Waals surface area contributed by atoms with E-state index in [-0.39, 0.29) is 5.78 Å². The summed E-state index contributed by atoms with van der Waals surface area (Å²) in [6.07, 6.45) is 3.42. The first kappa shape index (κ1) is 9.68. The van der Waals surface area contributed by atoms with Crippen LogP contribution in [0.15, 0.2) is 38.9 Å². The lowest BCUT2D eigenvalue weighted by Gasteiger charge is -1.95. The normalized spacial score (nSPS) is 10.4.